The number of hydrogen-bond acceptors (Lipinski definition) is 1. The Kier molecular flexibility index (Phi) is 12.3. The van der Waals surface area contributed by atoms with E-state index in [0.29, 0.717) is 0 Å². The monoisotopic (exact) mass is 247 g/mol. The summed E-state index contributed by atoms with van der Waals surface area (Å²) in [6.07, 6.45) is 13.4. The summed E-state index contributed by atoms with van der Waals surface area (Å²) in [6.45, 7) is 0.832. The molecule has 0 aliphatic carbocycles. The van der Waals surface area contributed by atoms with Crippen LogP contribution in [-0.4, -0.2) is 11.9 Å². The van der Waals surface area contributed by atoms with Crippen molar-refractivity contribution < 1.29 is 0 Å². The highest BCUT2D eigenvalue weighted by Gasteiger charge is 1.85. The van der Waals surface area contributed by atoms with Crippen LogP contribution in [-0.2, 0) is 0 Å². The summed E-state index contributed by atoms with van der Waals surface area (Å²) in [5, 5.41) is 1.15. The van der Waals surface area contributed by atoms with Crippen molar-refractivity contribution in [2.45, 2.75) is 44.9 Å². The minimum Gasteiger partial charge on any atom is -0.330 e. The first-order chi connectivity index (χ1) is 6.41. The van der Waals surface area contributed by atoms with Crippen molar-refractivity contribution in [3.8, 4) is 0 Å². The number of halogens is 1. The molecule has 0 amide bonds. The number of nitrogens with two attached hydrogens (primary N) is 1. The summed E-state index contributed by atoms with van der Waals surface area (Å²) in [6, 6.07) is 0. The van der Waals surface area contributed by atoms with Gasteiger partial charge in [0, 0.05) is 5.33 Å². The van der Waals surface area contributed by atoms with Gasteiger partial charge >= 0.3 is 0 Å². The van der Waals surface area contributed by atoms with Crippen LogP contribution in [0.15, 0.2) is 12.2 Å². The molecule has 0 rings (SSSR count). The van der Waals surface area contributed by atoms with Gasteiger partial charge in [0.05, 0.1) is 0 Å². The molecule has 0 fully saturated rings. The van der Waals surface area contributed by atoms with Gasteiger partial charge < -0.3 is 5.73 Å². The Bertz CT molecular complexity index is 113. The zero-order valence-electron chi connectivity index (χ0n) is 8.47. The molecule has 0 aromatic carbocycles. The fourth-order valence-electron chi connectivity index (χ4n) is 1.18. The van der Waals surface area contributed by atoms with E-state index in [1.807, 2.05) is 0 Å². The van der Waals surface area contributed by atoms with Gasteiger partial charge in [-0.25, -0.2) is 0 Å². The number of alkyl halides is 1. The van der Waals surface area contributed by atoms with E-state index < -0.39 is 0 Å². The molecule has 0 heterocycles. The van der Waals surface area contributed by atoms with Crippen molar-refractivity contribution in [1.29, 1.82) is 0 Å². The summed E-state index contributed by atoms with van der Waals surface area (Å²) in [4.78, 5) is 0. The van der Waals surface area contributed by atoms with Crippen molar-refractivity contribution in [1.82, 2.24) is 0 Å². The van der Waals surface area contributed by atoms with Gasteiger partial charge in [-0.05, 0) is 45.1 Å². The van der Waals surface area contributed by atoms with E-state index >= 15 is 0 Å². The fourth-order valence-corrected chi connectivity index (χ4v) is 1.57. The highest BCUT2D eigenvalue weighted by atomic mass is 79.9. The molecular weight excluding hydrogens is 226 g/mol. The average molecular weight is 248 g/mol. The molecule has 0 spiro atoms. The van der Waals surface area contributed by atoms with E-state index in [9.17, 15) is 0 Å². The predicted octanol–water partition coefficient (Wildman–Crippen LogP) is 3.63. The van der Waals surface area contributed by atoms with Crippen molar-refractivity contribution in [2.24, 2.45) is 5.73 Å². The molecule has 0 aromatic rings. The molecule has 1 nitrogen and oxygen atoms in total. The largest absolute Gasteiger partial charge is 0.330 e. The van der Waals surface area contributed by atoms with E-state index in [1.54, 1.807) is 0 Å². The molecule has 2 heteroatoms. The van der Waals surface area contributed by atoms with Gasteiger partial charge in [-0.3, -0.25) is 0 Å². The van der Waals surface area contributed by atoms with Gasteiger partial charge in [-0.15, -0.1) is 0 Å². The molecule has 0 unspecified atom stereocenters. The summed E-state index contributed by atoms with van der Waals surface area (Å²) < 4.78 is 0. The minimum absolute atomic E-state index is 0.832. The second-order valence-electron chi connectivity index (χ2n) is 3.29. The van der Waals surface area contributed by atoms with E-state index in [4.69, 9.17) is 5.73 Å². The van der Waals surface area contributed by atoms with Crippen LogP contribution in [0.25, 0.3) is 0 Å². The van der Waals surface area contributed by atoms with Crippen LogP contribution in [0.3, 0.4) is 0 Å². The smallest absolute Gasteiger partial charge is 0.00313 e. The Balaban J connectivity index is 2.95. The molecule has 0 aliphatic rings. The number of rotatable bonds is 9. The maximum absolute atomic E-state index is 5.40. The van der Waals surface area contributed by atoms with Crippen LogP contribution >= 0.6 is 15.9 Å². The van der Waals surface area contributed by atoms with Crippen molar-refractivity contribution in [2.75, 3.05) is 11.9 Å². The van der Waals surface area contributed by atoms with Crippen LogP contribution in [0.5, 0.6) is 0 Å². The first-order valence-corrected chi connectivity index (χ1v) is 6.45. The van der Waals surface area contributed by atoms with Gasteiger partial charge in [0.2, 0.25) is 0 Å². The third kappa shape index (κ3) is 12.2. The Morgan fingerprint density at radius 1 is 0.846 bits per heavy atom. The molecule has 0 aliphatic heterocycles. The van der Waals surface area contributed by atoms with E-state index in [2.05, 4.69) is 28.1 Å². The third-order valence-electron chi connectivity index (χ3n) is 2.00. The number of hydrogen-bond donors (Lipinski definition) is 1. The summed E-state index contributed by atoms with van der Waals surface area (Å²) in [5.74, 6) is 0. The van der Waals surface area contributed by atoms with Gasteiger partial charge in [-0.2, -0.15) is 0 Å². The number of allylic oxidation sites excluding steroid dienone is 2. The zero-order chi connectivity index (χ0) is 9.78. The lowest BCUT2D eigenvalue weighted by Crippen LogP contribution is -1.96. The molecular formula is C11H22BrN. The lowest BCUT2D eigenvalue weighted by molar-refractivity contribution is 0.729. The average Bonchev–Trinajstić information content (AvgIpc) is 2.16. The fraction of sp³-hybridized carbons (Fsp3) is 0.818. The number of unbranched alkanes of at least 4 members (excludes halogenated alkanes) is 5. The van der Waals surface area contributed by atoms with Gasteiger partial charge in [0.1, 0.15) is 0 Å². The SMILES string of the molecule is NCCCCC=CCCCCCBr. The Morgan fingerprint density at radius 3 is 2.00 bits per heavy atom. The molecule has 2 N–H and O–H groups in total. The maximum atomic E-state index is 5.40. The van der Waals surface area contributed by atoms with Crippen LogP contribution in [0.2, 0.25) is 0 Å². The van der Waals surface area contributed by atoms with Gasteiger partial charge in [-0.1, -0.05) is 34.5 Å². The van der Waals surface area contributed by atoms with E-state index in [0.717, 1.165) is 18.3 Å². The summed E-state index contributed by atoms with van der Waals surface area (Å²) in [5.41, 5.74) is 5.40. The van der Waals surface area contributed by atoms with Gasteiger partial charge in [0.15, 0.2) is 0 Å². The van der Waals surface area contributed by atoms with Crippen molar-refractivity contribution in [3.63, 3.8) is 0 Å². The molecule has 0 saturated heterocycles. The second-order valence-corrected chi connectivity index (χ2v) is 4.09. The molecule has 0 saturated carbocycles. The molecule has 13 heavy (non-hydrogen) atoms. The molecule has 0 bridgehead atoms. The van der Waals surface area contributed by atoms with Crippen molar-refractivity contribution in [3.05, 3.63) is 12.2 Å². The minimum atomic E-state index is 0.832. The van der Waals surface area contributed by atoms with Crippen LogP contribution in [0.4, 0.5) is 0 Å². The standard InChI is InChI=1S/C11H22BrN/c12-10-8-6-4-2-1-3-5-7-9-11-13/h1,3H,2,4-11,13H2. The van der Waals surface area contributed by atoms with Crippen LogP contribution < -0.4 is 5.73 Å². The highest BCUT2D eigenvalue weighted by Crippen LogP contribution is 2.03. The topological polar surface area (TPSA) is 26.0 Å². The third-order valence-corrected chi connectivity index (χ3v) is 2.56. The van der Waals surface area contributed by atoms with E-state index in [-0.39, 0.29) is 0 Å². The summed E-state index contributed by atoms with van der Waals surface area (Å²) in [7, 11) is 0. The molecule has 0 atom stereocenters. The molecule has 0 aromatic heterocycles. The molecule has 0 radical (unpaired) electrons. The first kappa shape index (κ1) is 13.2. The van der Waals surface area contributed by atoms with Crippen molar-refractivity contribution >= 4 is 15.9 Å². The Labute approximate surface area is 90.9 Å². The van der Waals surface area contributed by atoms with Crippen LogP contribution in [0, 0.1) is 0 Å². The Morgan fingerprint density at radius 2 is 1.46 bits per heavy atom. The first-order valence-electron chi connectivity index (χ1n) is 5.33. The zero-order valence-corrected chi connectivity index (χ0v) is 10.1. The molecule has 78 valence electrons. The lowest BCUT2D eigenvalue weighted by Gasteiger charge is -1.94. The summed E-state index contributed by atoms with van der Waals surface area (Å²) >= 11 is 3.43. The van der Waals surface area contributed by atoms with Gasteiger partial charge in [0.25, 0.3) is 0 Å². The predicted molar refractivity (Wildman–Crippen MR) is 64.3 cm³/mol. The van der Waals surface area contributed by atoms with Crippen LogP contribution in [0.1, 0.15) is 44.9 Å². The Hall–Kier alpha value is 0.180. The maximum Gasteiger partial charge on any atom is 0.00313 e. The quantitative estimate of drug-likeness (QED) is 0.376. The normalized spacial score (nSPS) is 11.2. The second kappa shape index (κ2) is 12.2. The van der Waals surface area contributed by atoms with E-state index in [1.165, 1.54) is 38.5 Å². The lowest BCUT2D eigenvalue weighted by atomic mass is 10.1. The highest BCUT2D eigenvalue weighted by molar-refractivity contribution is 9.09.